The maximum absolute atomic E-state index is 12.7. The minimum atomic E-state index is -4.72. The van der Waals surface area contributed by atoms with Crippen molar-refractivity contribution in [3.8, 4) is 0 Å². The van der Waals surface area contributed by atoms with Crippen molar-refractivity contribution in [3.63, 3.8) is 0 Å². The molecule has 1 atom stereocenters. The highest BCUT2D eigenvalue weighted by Crippen LogP contribution is 2.39. The maximum Gasteiger partial charge on any atom is 0.419 e. The topological polar surface area (TPSA) is 73.3 Å². The van der Waals surface area contributed by atoms with Crippen molar-refractivity contribution in [3.05, 3.63) is 22.5 Å². The average Bonchev–Trinajstić information content (AvgIpc) is 2.56. The summed E-state index contributed by atoms with van der Waals surface area (Å²) in [5.41, 5.74) is -1.97. The van der Waals surface area contributed by atoms with Crippen molar-refractivity contribution in [2.45, 2.75) is 25.1 Å². The fourth-order valence-electron chi connectivity index (χ4n) is 2.01. The van der Waals surface area contributed by atoms with Crippen LogP contribution in [0.15, 0.2) is 0 Å². The van der Waals surface area contributed by atoms with E-state index in [0.717, 1.165) is 0 Å². The molecule has 3 N–H and O–H groups in total. The van der Waals surface area contributed by atoms with Gasteiger partial charge in [-0.05, 0) is 5.56 Å². The zero-order chi connectivity index (χ0) is 12.1. The molecule has 0 fully saturated rings. The number of aromatic carboxylic acids is 1. The van der Waals surface area contributed by atoms with Crippen LogP contribution in [0.2, 0.25) is 0 Å². The Kier molecular flexibility index (Phi) is 2.23. The van der Waals surface area contributed by atoms with Gasteiger partial charge < -0.3 is 15.2 Å². The van der Waals surface area contributed by atoms with E-state index in [1.807, 2.05) is 0 Å². The second-order valence-electron chi connectivity index (χ2n) is 3.70. The van der Waals surface area contributed by atoms with Crippen molar-refractivity contribution in [1.82, 2.24) is 4.98 Å². The number of alkyl halides is 3. The van der Waals surface area contributed by atoms with Crippen LogP contribution in [0.4, 0.5) is 13.2 Å². The molecule has 0 saturated heterocycles. The average molecular weight is 235 g/mol. The number of halogens is 3. The molecule has 0 saturated carbocycles. The van der Waals surface area contributed by atoms with Crippen molar-refractivity contribution < 1.29 is 28.2 Å². The molecule has 1 unspecified atom stereocenters. The Morgan fingerprint density at radius 2 is 2.00 bits per heavy atom. The first kappa shape index (κ1) is 11.0. The van der Waals surface area contributed by atoms with Gasteiger partial charge in [0.15, 0.2) is 0 Å². The summed E-state index contributed by atoms with van der Waals surface area (Å²) in [6.07, 6.45) is -5.72. The van der Waals surface area contributed by atoms with Crippen LogP contribution in [0, 0.1) is 0 Å². The standard InChI is InChI=1S/C9H8F3NO3/c10-9(11,12)6-4-1-3(14)2-5(4)13-7(6)8(15)16/h3,13-14H,1-2H2,(H,15,16). The molecule has 1 heterocycles. The van der Waals surface area contributed by atoms with Crippen molar-refractivity contribution in [2.24, 2.45) is 0 Å². The highest BCUT2D eigenvalue weighted by molar-refractivity contribution is 5.88. The summed E-state index contributed by atoms with van der Waals surface area (Å²) in [6.45, 7) is 0. The Labute approximate surface area is 87.7 Å². The van der Waals surface area contributed by atoms with Crippen molar-refractivity contribution in [2.75, 3.05) is 0 Å². The highest BCUT2D eigenvalue weighted by Gasteiger charge is 2.43. The molecule has 4 nitrogen and oxygen atoms in total. The quantitative estimate of drug-likeness (QED) is 0.684. The molecule has 1 aromatic rings. The molecule has 0 radical (unpaired) electrons. The lowest BCUT2D eigenvalue weighted by molar-refractivity contribution is -0.138. The summed E-state index contributed by atoms with van der Waals surface area (Å²) in [5.74, 6) is -1.64. The van der Waals surface area contributed by atoms with Crippen LogP contribution < -0.4 is 0 Å². The first-order chi connectivity index (χ1) is 7.30. The number of hydrogen-bond donors (Lipinski definition) is 3. The normalized spacial score (nSPS) is 19.9. The monoisotopic (exact) mass is 235 g/mol. The molecule has 0 amide bonds. The van der Waals surface area contributed by atoms with Gasteiger partial charge in [0.25, 0.3) is 0 Å². The number of carboxylic acids is 1. The summed E-state index contributed by atoms with van der Waals surface area (Å²) in [7, 11) is 0. The van der Waals surface area contributed by atoms with E-state index in [9.17, 15) is 23.1 Å². The summed E-state index contributed by atoms with van der Waals surface area (Å²) in [5, 5.41) is 17.9. The number of H-pyrrole nitrogens is 1. The van der Waals surface area contributed by atoms with Crippen LogP contribution in [0.1, 0.15) is 27.3 Å². The number of aliphatic hydroxyl groups excluding tert-OH is 1. The molecule has 0 aliphatic heterocycles. The van der Waals surface area contributed by atoms with Crippen LogP contribution in [-0.4, -0.2) is 27.3 Å². The zero-order valence-electron chi connectivity index (χ0n) is 7.93. The molecule has 7 heteroatoms. The third-order valence-electron chi connectivity index (χ3n) is 2.57. The summed E-state index contributed by atoms with van der Waals surface area (Å²) in [6, 6.07) is 0. The van der Waals surface area contributed by atoms with Gasteiger partial charge in [0.1, 0.15) is 5.69 Å². The molecule has 1 aliphatic rings. The van der Waals surface area contributed by atoms with E-state index >= 15 is 0 Å². The van der Waals surface area contributed by atoms with Crippen LogP contribution in [0.25, 0.3) is 0 Å². The fourth-order valence-corrected chi connectivity index (χ4v) is 2.01. The summed E-state index contributed by atoms with van der Waals surface area (Å²) >= 11 is 0. The van der Waals surface area contributed by atoms with Gasteiger partial charge in [-0.1, -0.05) is 0 Å². The smallest absolute Gasteiger partial charge is 0.419 e. The SMILES string of the molecule is O=C(O)c1[nH]c2c(c1C(F)(F)F)CC(O)C2. The third-order valence-corrected chi connectivity index (χ3v) is 2.57. The number of hydrogen-bond acceptors (Lipinski definition) is 2. The minimum Gasteiger partial charge on any atom is -0.477 e. The van der Waals surface area contributed by atoms with Gasteiger partial charge in [-0.15, -0.1) is 0 Å². The van der Waals surface area contributed by atoms with Gasteiger partial charge >= 0.3 is 12.1 Å². The largest absolute Gasteiger partial charge is 0.477 e. The Balaban J connectivity index is 2.60. The molecular formula is C9H8F3NO3. The summed E-state index contributed by atoms with van der Waals surface area (Å²) in [4.78, 5) is 12.9. The zero-order valence-corrected chi connectivity index (χ0v) is 7.93. The third kappa shape index (κ3) is 1.57. The minimum absolute atomic E-state index is 0.0334. The summed E-state index contributed by atoms with van der Waals surface area (Å²) < 4.78 is 38.0. The first-order valence-electron chi connectivity index (χ1n) is 4.53. The maximum atomic E-state index is 12.7. The molecule has 88 valence electrons. The van der Waals surface area contributed by atoms with Gasteiger partial charge in [0, 0.05) is 18.5 Å². The molecule has 2 rings (SSSR count). The highest BCUT2D eigenvalue weighted by atomic mass is 19.4. The van der Waals surface area contributed by atoms with E-state index in [1.54, 1.807) is 0 Å². The Bertz CT molecular complexity index is 450. The molecule has 16 heavy (non-hydrogen) atoms. The number of aromatic nitrogens is 1. The van der Waals surface area contributed by atoms with E-state index in [-0.39, 0.29) is 24.1 Å². The lowest BCUT2D eigenvalue weighted by Gasteiger charge is -2.08. The molecule has 1 aromatic heterocycles. The Hall–Kier alpha value is -1.50. The predicted octanol–water partition coefficient (Wildman–Crippen LogP) is 1.19. The Morgan fingerprint density at radius 1 is 1.38 bits per heavy atom. The predicted molar refractivity (Wildman–Crippen MR) is 46.2 cm³/mol. The molecule has 0 spiro atoms. The van der Waals surface area contributed by atoms with E-state index in [4.69, 9.17) is 5.11 Å². The lowest BCUT2D eigenvalue weighted by Crippen LogP contribution is -2.15. The molecule has 0 bridgehead atoms. The molecular weight excluding hydrogens is 227 g/mol. The van der Waals surface area contributed by atoms with Gasteiger partial charge in [0.05, 0.1) is 11.7 Å². The second kappa shape index (κ2) is 3.24. The van der Waals surface area contributed by atoms with E-state index < -0.39 is 29.5 Å². The number of carbonyl (C=O) groups is 1. The molecule has 1 aliphatic carbocycles. The van der Waals surface area contributed by atoms with Gasteiger partial charge in [-0.25, -0.2) is 4.79 Å². The number of nitrogens with one attached hydrogen (secondary N) is 1. The van der Waals surface area contributed by atoms with E-state index in [0.29, 0.717) is 0 Å². The van der Waals surface area contributed by atoms with Gasteiger partial charge in [0.2, 0.25) is 0 Å². The Morgan fingerprint density at radius 3 is 2.50 bits per heavy atom. The number of aliphatic hydroxyl groups is 1. The number of fused-ring (bicyclic) bond motifs is 1. The van der Waals surface area contributed by atoms with E-state index in [2.05, 4.69) is 4.98 Å². The van der Waals surface area contributed by atoms with Crippen LogP contribution in [0.5, 0.6) is 0 Å². The van der Waals surface area contributed by atoms with Crippen LogP contribution in [-0.2, 0) is 19.0 Å². The van der Waals surface area contributed by atoms with E-state index in [1.165, 1.54) is 0 Å². The number of carboxylic acid groups (broad SMARTS) is 1. The second-order valence-corrected chi connectivity index (χ2v) is 3.70. The van der Waals surface area contributed by atoms with Gasteiger partial charge in [-0.3, -0.25) is 0 Å². The number of rotatable bonds is 1. The fraction of sp³-hybridized carbons (Fsp3) is 0.444. The molecule has 0 aromatic carbocycles. The van der Waals surface area contributed by atoms with Gasteiger partial charge in [-0.2, -0.15) is 13.2 Å². The lowest BCUT2D eigenvalue weighted by atomic mass is 10.1. The van der Waals surface area contributed by atoms with Crippen LogP contribution >= 0.6 is 0 Å². The van der Waals surface area contributed by atoms with Crippen molar-refractivity contribution in [1.29, 1.82) is 0 Å². The van der Waals surface area contributed by atoms with Crippen LogP contribution in [0.3, 0.4) is 0 Å². The first-order valence-corrected chi connectivity index (χ1v) is 4.53. The number of aromatic amines is 1. The van der Waals surface area contributed by atoms with Crippen molar-refractivity contribution >= 4 is 5.97 Å².